The average Bonchev–Trinajstić information content (AvgIpc) is 3.01. The number of rotatable bonds is 8. The predicted molar refractivity (Wildman–Crippen MR) is 92.3 cm³/mol. The number of benzene rings is 1. The molecule has 0 saturated carbocycles. The minimum absolute atomic E-state index is 0.0668. The zero-order chi connectivity index (χ0) is 17.5. The lowest BCUT2D eigenvalue weighted by Gasteiger charge is -2.11. The third-order valence-corrected chi connectivity index (χ3v) is 4.29. The van der Waals surface area contributed by atoms with Crippen LogP contribution in [0.3, 0.4) is 0 Å². The maximum Gasteiger partial charge on any atom is 0.326 e. The molecule has 0 aliphatic carbocycles. The highest BCUT2D eigenvalue weighted by Crippen LogP contribution is 2.26. The SMILES string of the molecule is CCOc1ccc(-c2nc(CC(=O)NC(CC)C(=O)O)cs2)cc1. The van der Waals surface area contributed by atoms with Crippen molar-refractivity contribution >= 4 is 23.2 Å². The number of aromatic nitrogens is 1. The molecule has 1 aromatic carbocycles. The minimum atomic E-state index is -1.03. The lowest BCUT2D eigenvalue weighted by molar-refractivity contribution is -0.141. The number of hydrogen-bond acceptors (Lipinski definition) is 5. The number of carbonyl (C=O) groups is 2. The first-order valence-electron chi connectivity index (χ1n) is 7.73. The molecular weight excluding hydrogens is 328 g/mol. The highest BCUT2D eigenvalue weighted by Gasteiger charge is 2.18. The molecule has 24 heavy (non-hydrogen) atoms. The third kappa shape index (κ3) is 4.79. The van der Waals surface area contributed by atoms with Gasteiger partial charge in [-0.25, -0.2) is 9.78 Å². The number of thiazole rings is 1. The number of aliphatic carboxylic acids is 1. The molecule has 1 unspecified atom stereocenters. The van der Waals surface area contributed by atoms with Crippen LogP contribution in [0.15, 0.2) is 29.6 Å². The van der Waals surface area contributed by atoms with Crippen LogP contribution >= 0.6 is 11.3 Å². The quantitative estimate of drug-likeness (QED) is 0.766. The molecule has 0 radical (unpaired) electrons. The van der Waals surface area contributed by atoms with Gasteiger partial charge in [0.1, 0.15) is 16.8 Å². The van der Waals surface area contributed by atoms with Crippen molar-refractivity contribution in [3.63, 3.8) is 0 Å². The van der Waals surface area contributed by atoms with E-state index >= 15 is 0 Å². The van der Waals surface area contributed by atoms with E-state index in [1.807, 2.05) is 36.6 Å². The molecule has 0 aliphatic rings. The number of amides is 1. The van der Waals surface area contributed by atoms with Crippen LogP contribution in [0, 0.1) is 0 Å². The molecule has 6 nitrogen and oxygen atoms in total. The Morgan fingerprint density at radius 3 is 2.58 bits per heavy atom. The lowest BCUT2D eigenvalue weighted by Crippen LogP contribution is -2.41. The van der Waals surface area contributed by atoms with Crippen LogP contribution in [0.4, 0.5) is 0 Å². The zero-order valence-corrected chi connectivity index (χ0v) is 14.4. The van der Waals surface area contributed by atoms with Crippen molar-refractivity contribution in [1.82, 2.24) is 10.3 Å². The summed E-state index contributed by atoms with van der Waals surface area (Å²) in [5, 5.41) is 14.1. The number of nitrogens with zero attached hydrogens (tertiary/aromatic N) is 1. The van der Waals surface area contributed by atoms with E-state index in [1.165, 1.54) is 11.3 Å². The Morgan fingerprint density at radius 2 is 2.00 bits per heavy atom. The molecule has 2 N–H and O–H groups in total. The molecule has 1 heterocycles. The van der Waals surface area contributed by atoms with Gasteiger partial charge in [0.2, 0.25) is 5.91 Å². The summed E-state index contributed by atoms with van der Waals surface area (Å²) in [5.74, 6) is -0.566. The molecule has 0 fully saturated rings. The first-order valence-corrected chi connectivity index (χ1v) is 8.61. The molecule has 1 atom stereocenters. The summed E-state index contributed by atoms with van der Waals surface area (Å²) < 4.78 is 5.40. The van der Waals surface area contributed by atoms with Crippen molar-refractivity contribution in [2.75, 3.05) is 6.61 Å². The van der Waals surface area contributed by atoms with Gasteiger partial charge in [0.05, 0.1) is 18.7 Å². The Kier molecular flexibility index (Phi) is 6.31. The number of carboxylic acids is 1. The van der Waals surface area contributed by atoms with Crippen molar-refractivity contribution < 1.29 is 19.4 Å². The number of ether oxygens (including phenoxy) is 1. The Morgan fingerprint density at radius 1 is 1.29 bits per heavy atom. The first-order chi connectivity index (χ1) is 11.5. The van der Waals surface area contributed by atoms with Crippen LogP contribution in [0.2, 0.25) is 0 Å². The van der Waals surface area contributed by atoms with Crippen molar-refractivity contribution in [2.24, 2.45) is 0 Å². The van der Waals surface area contributed by atoms with Gasteiger partial charge in [0.25, 0.3) is 0 Å². The maximum atomic E-state index is 11.9. The van der Waals surface area contributed by atoms with Crippen LogP contribution < -0.4 is 10.1 Å². The Labute approximate surface area is 144 Å². The van der Waals surface area contributed by atoms with Gasteiger partial charge in [-0.05, 0) is 37.6 Å². The van der Waals surface area contributed by atoms with Crippen molar-refractivity contribution in [3.05, 3.63) is 35.3 Å². The summed E-state index contributed by atoms with van der Waals surface area (Å²) >= 11 is 1.45. The topological polar surface area (TPSA) is 88.5 Å². The Balaban J connectivity index is 1.99. The van der Waals surface area contributed by atoms with Gasteiger partial charge in [-0.1, -0.05) is 6.92 Å². The van der Waals surface area contributed by atoms with Crippen LogP contribution in [0.25, 0.3) is 10.6 Å². The fourth-order valence-electron chi connectivity index (χ4n) is 2.13. The Hall–Kier alpha value is -2.41. The van der Waals surface area contributed by atoms with E-state index in [1.54, 1.807) is 6.92 Å². The summed E-state index contributed by atoms with van der Waals surface area (Å²) in [6.45, 7) is 4.26. The largest absolute Gasteiger partial charge is 0.494 e. The van der Waals surface area contributed by atoms with E-state index in [0.717, 1.165) is 16.3 Å². The number of carbonyl (C=O) groups excluding carboxylic acids is 1. The minimum Gasteiger partial charge on any atom is -0.494 e. The molecule has 2 aromatic rings. The summed E-state index contributed by atoms with van der Waals surface area (Å²) in [5.41, 5.74) is 1.58. The lowest BCUT2D eigenvalue weighted by atomic mass is 10.2. The van der Waals surface area contributed by atoms with Crippen LogP contribution in [0.5, 0.6) is 5.75 Å². The molecule has 1 amide bonds. The highest BCUT2D eigenvalue weighted by molar-refractivity contribution is 7.13. The van der Waals surface area contributed by atoms with Crippen LogP contribution in [-0.4, -0.2) is 34.6 Å². The molecule has 2 rings (SSSR count). The van der Waals surface area contributed by atoms with Gasteiger partial charge in [0, 0.05) is 10.9 Å². The number of hydrogen-bond donors (Lipinski definition) is 2. The molecule has 0 aliphatic heterocycles. The van der Waals surface area contributed by atoms with Gasteiger partial charge in [-0.2, -0.15) is 0 Å². The van der Waals surface area contributed by atoms with Crippen molar-refractivity contribution in [1.29, 1.82) is 0 Å². The van der Waals surface area contributed by atoms with Crippen molar-refractivity contribution in [2.45, 2.75) is 32.7 Å². The van der Waals surface area contributed by atoms with E-state index in [-0.39, 0.29) is 12.3 Å². The third-order valence-electron chi connectivity index (χ3n) is 3.35. The molecule has 1 aromatic heterocycles. The monoisotopic (exact) mass is 348 g/mol. The van der Waals surface area contributed by atoms with E-state index in [2.05, 4.69) is 10.3 Å². The van der Waals surface area contributed by atoms with Crippen LogP contribution in [0.1, 0.15) is 26.0 Å². The predicted octanol–water partition coefficient (Wildman–Crippen LogP) is 2.73. The second-order valence-electron chi connectivity index (χ2n) is 5.14. The van der Waals surface area contributed by atoms with E-state index in [9.17, 15) is 9.59 Å². The summed E-state index contributed by atoms with van der Waals surface area (Å²) in [4.78, 5) is 27.3. The molecule has 0 bridgehead atoms. The second kappa shape index (κ2) is 8.44. The molecule has 7 heteroatoms. The smallest absolute Gasteiger partial charge is 0.326 e. The van der Waals surface area contributed by atoms with Gasteiger partial charge in [0.15, 0.2) is 0 Å². The molecular formula is C17H20N2O4S. The number of nitrogens with one attached hydrogen (secondary N) is 1. The fraction of sp³-hybridized carbons (Fsp3) is 0.353. The normalized spacial score (nSPS) is 11.8. The second-order valence-corrected chi connectivity index (χ2v) is 6.00. The molecule has 128 valence electrons. The first kappa shape index (κ1) is 17.9. The fourth-order valence-corrected chi connectivity index (χ4v) is 2.96. The van der Waals surface area contributed by atoms with Gasteiger partial charge < -0.3 is 15.2 Å². The van der Waals surface area contributed by atoms with E-state index < -0.39 is 12.0 Å². The average molecular weight is 348 g/mol. The van der Waals surface area contributed by atoms with Gasteiger partial charge >= 0.3 is 5.97 Å². The van der Waals surface area contributed by atoms with Gasteiger partial charge in [-0.15, -0.1) is 11.3 Å². The number of carboxylic acid groups (broad SMARTS) is 1. The Bertz CT molecular complexity index is 697. The molecule has 0 saturated heterocycles. The van der Waals surface area contributed by atoms with E-state index in [0.29, 0.717) is 18.7 Å². The van der Waals surface area contributed by atoms with Gasteiger partial charge in [-0.3, -0.25) is 4.79 Å². The van der Waals surface area contributed by atoms with Crippen molar-refractivity contribution in [3.8, 4) is 16.3 Å². The van der Waals surface area contributed by atoms with Crippen LogP contribution in [-0.2, 0) is 16.0 Å². The standard InChI is InChI=1S/C17H20N2O4S/c1-3-14(17(21)22)19-15(20)9-12-10-24-16(18-12)11-5-7-13(8-6-11)23-4-2/h5-8,10,14H,3-4,9H2,1-2H3,(H,19,20)(H,21,22). The maximum absolute atomic E-state index is 11.9. The zero-order valence-electron chi connectivity index (χ0n) is 13.6. The summed E-state index contributed by atoms with van der Waals surface area (Å²) in [6, 6.07) is 6.74. The summed E-state index contributed by atoms with van der Waals surface area (Å²) in [7, 11) is 0. The van der Waals surface area contributed by atoms with E-state index in [4.69, 9.17) is 9.84 Å². The highest BCUT2D eigenvalue weighted by atomic mass is 32.1. The summed E-state index contributed by atoms with van der Waals surface area (Å²) in [6.07, 6.45) is 0.410. The molecule has 0 spiro atoms.